The lowest BCUT2D eigenvalue weighted by molar-refractivity contribution is -0.126. The normalized spacial score (nSPS) is 16.3. The molecule has 8 heteroatoms. The van der Waals surface area contributed by atoms with Crippen molar-refractivity contribution in [2.24, 2.45) is 5.92 Å². The molecular formula is C19H23FN2O3S2. The summed E-state index contributed by atoms with van der Waals surface area (Å²) >= 11 is 1.21. The molecule has 0 saturated carbocycles. The minimum atomic E-state index is -3.43. The van der Waals surface area contributed by atoms with E-state index in [-0.39, 0.29) is 17.6 Å². The summed E-state index contributed by atoms with van der Waals surface area (Å²) in [6.07, 6.45) is 2.63. The van der Waals surface area contributed by atoms with Gasteiger partial charge in [-0.05, 0) is 54.8 Å². The Morgan fingerprint density at radius 1 is 1.19 bits per heavy atom. The quantitative estimate of drug-likeness (QED) is 0.714. The van der Waals surface area contributed by atoms with Gasteiger partial charge in [-0.3, -0.25) is 4.79 Å². The number of carbonyl (C=O) groups excluding carboxylic acids is 1. The van der Waals surface area contributed by atoms with Crippen LogP contribution >= 0.6 is 11.3 Å². The third-order valence-corrected chi connectivity index (χ3v) is 8.04. The molecule has 146 valence electrons. The van der Waals surface area contributed by atoms with E-state index in [1.165, 1.54) is 27.8 Å². The predicted molar refractivity (Wildman–Crippen MR) is 104 cm³/mol. The van der Waals surface area contributed by atoms with Crippen LogP contribution in [0, 0.1) is 11.7 Å². The molecule has 0 aliphatic carbocycles. The van der Waals surface area contributed by atoms with Gasteiger partial charge in [0.15, 0.2) is 0 Å². The predicted octanol–water partition coefficient (Wildman–Crippen LogP) is 3.04. The van der Waals surface area contributed by atoms with Crippen LogP contribution in [-0.4, -0.2) is 38.3 Å². The Labute approximate surface area is 163 Å². The Bertz CT molecular complexity index is 844. The number of piperidine rings is 1. The van der Waals surface area contributed by atoms with Gasteiger partial charge in [0.05, 0.1) is 0 Å². The molecule has 1 aromatic carbocycles. The minimum absolute atomic E-state index is 0.0118. The largest absolute Gasteiger partial charge is 0.356 e. The van der Waals surface area contributed by atoms with Crippen LogP contribution < -0.4 is 5.32 Å². The summed E-state index contributed by atoms with van der Waals surface area (Å²) in [4.78, 5) is 12.3. The molecule has 1 N–H and O–H groups in total. The van der Waals surface area contributed by atoms with E-state index >= 15 is 0 Å². The highest BCUT2D eigenvalue weighted by Crippen LogP contribution is 2.26. The lowest BCUT2D eigenvalue weighted by Gasteiger charge is -2.30. The molecule has 1 aliphatic rings. The SMILES string of the molecule is O=C(NCCCc1ccc(F)cc1)C1CCN(S(=O)(=O)c2cccs2)CC1. The van der Waals surface area contributed by atoms with Crippen molar-refractivity contribution in [3.05, 3.63) is 53.2 Å². The van der Waals surface area contributed by atoms with Gasteiger partial charge >= 0.3 is 0 Å². The number of amides is 1. The molecule has 1 aromatic heterocycles. The molecular weight excluding hydrogens is 387 g/mol. The fourth-order valence-electron chi connectivity index (χ4n) is 3.20. The molecule has 1 saturated heterocycles. The highest BCUT2D eigenvalue weighted by Gasteiger charge is 2.32. The van der Waals surface area contributed by atoms with Gasteiger partial charge in [-0.2, -0.15) is 4.31 Å². The van der Waals surface area contributed by atoms with Gasteiger partial charge in [-0.1, -0.05) is 18.2 Å². The minimum Gasteiger partial charge on any atom is -0.356 e. The van der Waals surface area contributed by atoms with Crippen molar-refractivity contribution in [3.63, 3.8) is 0 Å². The molecule has 0 bridgehead atoms. The maximum atomic E-state index is 12.9. The van der Waals surface area contributed by atoms with Crippen LogP contribution in [0.4, 0.5) is 4.39 Å². The van der Waals surface area contributed by atoms with Crippen molar-refractivity contribution in [1.82, 2.24) is 9.62 Å². The number of rotatable bonds is 7. The van der Waals surface area contributed by atoms with E-state index in [0.717, 1.165) is 18.4 Å². The Balaban J connectivity index is 1.40. The number of nitrogens with one attached hydrogen (secondary N) is 1. The van der Waals surface area contributed by atoms with Crippen molar-refractivity contribution >= 4 is 27.3 Å². The maximum Gasteiger partial charge on any atom is 0.252 e. The first kappa shape index (κ1) is 20.0. The highest BCUT2D eigenvalue weighted by atomic mass is 32.2. The number of halogens is 1. The highest BCUT2D eigenvalue weighted by molar-refractivity contribution is 7.91. The molecule has 1 fully saturated rings. The Hall–Kier alpha value is -1.77. The first-order valence-electron chi connectivity index (χ1n) is 9.02. The molecule has 27 heavy (non-hydrogen) atoms. The van der Waals surface area contributed by atoms with Crippen molar-refractivity contribution < 1.29 is 17.6 Å². The van der Waals surface area contributed by atoms with Gasteiger partial charge in [-0.25, -0.2) is 12.8 Å². The van der Waals surface area contributed by atoms with Crippen molar-refractivity contribution in [1.29, 1.82) is 0 Å². The lowest BCUT2D eigenvalue weighted by Crippen LogP contribution is -2.43. The van der Waals surface area contributed by atoms with Gasteiger partial charge in [-0.15, -0.1) is 11.3 Å². The Kier molecular flexibility index (Phi) is 6.62. The van der Waals surface area contributed by atoms with Gasteiger partial charge in [0.1, 0.15) is 10.0 Å². The van der Waals surface area contributed by atoms with E-state index in [2.05, 4.69) is 5.32 Å². The zero-order chi connectivity index (χ0) is 19.3. The van der Waals surface area contributed by atoms with E-state index in [4.69, 9.17) is 0 Å². The second kappa shape index (κ2) is 8.95. The zero-order valence-corrected chi connectivity index (χ0v) is 16.6. The number of carbonyl (C=O) groups is 1. The fraction of sp³-hybridized carbons (Fsp3) is 0.421. The van der Waals surface area contributed by atoms with Gasteiger partial charge < -0.3 is 5.32 Å². The zero-order valence-electron chi connectivity index (χ0n) is 14.9. The Morgan fingerprint density at radius 3 is 2.52 bits per heavy atom. The van der Waals surface area contributed by atoms with Crippen LogP contribution in [0.25, 0.3) is 0 Å². The summed E-state index contributed by atoms with van der Waals surface area (Å²) in [5.74, 6) is -0.410. The summed E-state index contributed by atoms with van der Waals surface area (Å²) < 4.78 is 39.7. The molecule has 0 radical (unpaired) electrons. The standard InChI is InChI=1S/C19H23FN2O3S2/c20-17-7-5-15(6-8-17)3-1-11-21-19(23)16-9-12-22(13-10-16)27(24,25)18-4-2-14-26-18/h2,4-8,14,16H,1,3,9-13H2,(H,21,23). The number of sulfonamides is 1. The van der Waals surface area contributed by atoms with E-state index in [9.17, 15) is 17.6 Å². The van der Waals surface area contributed by atoms with Crippen LogP contribution in [-0.2, 0) is 21.2 Å². The van der Waals surface area contributed by atoms with E-state index < -0.39 is 10.0 Å². The van der Waals surface area contributed by atoms with Crippen LogP contribution in [0.1, 0.15) is 24.8 Å². The molecule has 1 aliphatic heterocycles. The van der Waals surface area contributed by atoms with Crippen LogP contribution in [0.15, 0.2) is 46.0 Å². The summed E-state index contributed by atoms with van der Waals surface area (Å²) in [6.45, 7) is 1.30. The monoisotopic (exact) mass is 410 g/mol. The van der Waals surface area contributed by atoms with Crippen LogP contribution in [0.2, 0.25) is 0 Å². The van der Waals surface area contributed by atoms with Gasteiger partial charge in [0, 0.05) is 25.6 Å². The van der Waals surface area contributed by atoms with Gasteiger partial charge in [0.25, 0.3) is 10.0 Å². The smallest absolute Gasteiger partial charge is 0.252 e. The molecule has 1 amide bonds. The molecule has 5 nitrogen and oxygen atoms in total. The molecule has 0 atom stereocenters. The second-order valence-corrected chi connectivity index (χ2v) is 9.74. The number of benzene rings is 1. The van der Waals surface area contributed by atoms with Crippen LogP contribution in [0.3, 0.4) is 0 Å². The molecule has 2 heterocycles. The molecule has 0 spiro atoms. The van der Waals surface area contributed by atoms with Crippen molar-refractivity contribution in [2.75, 3.05) is 19.6 Å². The average Bonchev–Trinajstić information content (AvgIpc) is 3.22. The van der Waals surface area contributed by atoms with E-state index in [1.54, 1.807) is 29.6 Å². The van der Waals surface area contributed by atoms with E-state index in [0.29, 0.717) is 36.7 Å². The number of hydrogen-bond acceptors (Lipinski definition) is 4. The summed E-state index contributed by atoms with van der Waals surface area (Å²) in [5.41, 5.74) is 1.04. The first-order chi connectivity index (χ1) is 13.0. The molecule has 2 aromatic rings. The third-order valence-electron chi connectivity index (χ3n) is 4.77. The number of nitrogens with zero attached hydrogens (tertiary/aromatic N) is 1. The summed E-state index contributed by atoms with van der Waals surface area (Å²) in [6, 6.07) is 9.71. The number of hydrogen-bond donors (Lipinski definition) is 1. The summed E-state index contributed by atoms with van der Waals surface area (Å²) in [5, 5.41) is 4.69. The third kappa shape index (κ3) is 5.15. The topological polar surface area (TPSA) is 66.5 Å². The summed E-state index contributed by atoms with van der Waals surface area (Å²) in [7, 11) is -3.43. The van der Waals surface area contributed by atoms with Crippen LogP contribution in [0.5, 0.6) is 0 Å². The lowest BCUT2D eigenvalue weighted by atomic mass is 9.97. The van der Waals surface area contributed by atoms with E-state index in [1.807, 2.05) is 0 Å². The number of aryl methyl sites for hydroxylation is 1. The number of thiophene rings is 1. The van der Waals surface area contributed by atoms with Crippen molar-refractivity contribution in [2.45, 2.75) is 29.9 Å². The average molecular weight is 411 g/mol. The van der Waals surface area contributed by atoms with Crippen molar-refractivity contribution in [3.8, 4) is 0 Å². The molecule has 3 rings (SSSR count). The maximum absolute atomic E-state index is 12.9. The fourth-order valence-corrected chi connectivity index (χ4v) is 5.81. The Morgan fingerprint density at radius 2 is 1.89 bits per heavy atom. The second-order valence-electron chi connectivity index (χ2n) is 6.63. The van der Waals surface area contributed by atoms with Gasteiger partial charge in [0.2, 0.25) is 5.91 Å². The molecule has 0 unspecified atom stereocenters. The first-order valence-corrected chi connectivity index (χ1v) is 11.3.